The van der Waals surface area contributed by atoms with E-state index in [2.05, 4.69) is 23.5 Å². The highest BCUT2D eigenvalue weighted by Gasteiger charge is 2.31. The normalized spacial score (nSPS) is 23.9. The van der Waals surface area contributed by atoms with Gasteiger partial charge in [0.1, 0.15) is 0 Å². The minimum atomic E-state index is -0.813. The molecule has 118 valence electrons. The maximum Gasteiger partial charge on any atom is 0.317 e. The summed E-state index contributed by atoms with van der Waals surface area (Å²) in [6.45, 7) is 1.43. The van der Waals surface area contributed by atoms with Crippen molar-refractivity contribution in [3.8, 4) is 0 Å². The Bertz CT molecular complexity index is 578. The number of likely N-dealkylation sites (tertiary alicyclic amines) is 1. The van der Waals surface area contributed by atoms with Crippen LogP contribution in [-0.4, -0.2) is 47.4 Å². The molecule has 0 saturated carbocycles. The van der Waals surface area contributed by atoms with Crippen molar-refractivity contribution in [2.45, 2.75) is 18.1 Å². The molecule has 2 heterocycles. The van der Waals surface area contributed by atoms with Crippen LogP contribution in [0.2, 0.25) is 0 Å². The van der Waals surface area contributed by atoms with Crippen LogP contribution in [0.5, 0.6) is 0 Å². The second kappa shape index (κ2) is 6.60. The number of thioether (sulfide) groups is 1. The number of carbonyl (C=O) groups is 2. The first kappa shape index (κ1) is 15.2. The predicted molar refractivity (Wildman–Crippen MR) is 86.1 cm³/mol. The number of nitrogens with zero attached hydrogens (tertiary/aromatic N) is 1. The van der Waals surface area contributed by atoms with E-state index < -0.39 is 11.9 Å². The molecule has 0 aliphatic carbocycles. The van der Waals surface area contributed by atoms with Crippen LogP contribution in [0, 0.1) is 5.92 Å². The van der Waals surface area contributed by atoms with Crippen molar-refractivity contribution in [3.05, 3.63) is 35.4 Å². The van der Waals surface area contributed by atoms with E-state index >= 15 is 0 Å². The predicted octanol–water partition coefficient (Wildman–Crippen LogP) is 2.13. The van der Waals surface area contributed by atoms with Crippen LogP contribution < -0.4 is 5.32 Å². The van der Waals surface area contributed by atoms with Gasteiger partial charge in [0.25, 0.3) is 0 Å². The molecule has 2 aliphatic heterocycles. The zero-order valence-electron chi connectivity index (χ0n) is 12.3. The van der Waals surface area contributed by atoms with Crippen molar-refractivity contribution < 1.29 is 14.7 Å². The van der Waals surface area contributed by atoms with Gasteiger partial charge in [-0.05, 0) is 29.7 Å². The number of carboxylic acid groups (broad SMARTS) is 1. The minimum Gasteiger partial charge on any atom is -0.481 e. The SMILES string of the molecule is O=C(O)C1CCN(C(=O)NCC2SCCc3ccccc32)C1. The third-order valence-corrected chi connectivity index (χ3v) is 5.62. The number of carboxylic acids is 1. The summed E-state index contributed by atoms with van der Waals surface area (Å²) in [4.78, 5) is 24.7. The molecule has 1 aromatic rings. The summed E-state index contributed by atoms with van der Waals surface area (Å²) in [6, 6.07) is 8.24. The van der Waals surface area contributed by atoms with Crippen LogP contribution in [0.4, 0.5) is 4.79 Å². The Morgan fingerprint density at radius 2 is 2.18 bits per heavy atom. The lowest BCUT2D eigenvalue weighted by Crippen LogP contribution is -2.40. The number of rotatable bonds is 3. The Balaban J connectivity index is 1.55. The lowest BCUT2D eigenvalue weighted by Gasteiger charge is -2.26. The molecule has 2 aliphatic rings. The van der Waals surface area contributed by atoms with Gasteiger partial charge in [0.2, 0.25) is 0 Å². The maximum absolute atomic E-state index is 12.2. The molecule has 1 aromatic carbocycles. The van der Waals surface area contributed by atoms with E-state index in [1.54, 1.807) is 4.90 Å². The Kier molecular flexibility index (Phi) is 4.57. The third kappa shape index (κ3) is 3.21. The van der Waals surface area contributed by atoms with Gasteiger partial charge >= 0.3 is 12.0 Å². The Morgan fingerprint density at radius 3 is 2.95 bits per heavy atom. The molecule has 22 heavy (non-hydrogen) atoms. The molecule has 1 fully saturated rings. The van der Waals surface area contributed by atoms with Gasteiger partial charge in [-0.2, -0.15) is 11.8 Å². The smallest absolute Gasteiger partial charge is 0.317 e. The molecule has 0 radical (unpaired) electrons. The number of nitrogens with one attached hydrogen (secondary N) is 1. The third-order valence-electron chi connectivity index (χ3n) is 4.36. The molecule has 3 rings (SSSR count). The van der Waals surface area contributed by atoms with E-state index in [-0.39, 0.29) is 11.3 Å². The average molecular weight is 320 g/mol. The number of aliphatic carboxylic acids is 1. The van der Waals surface area contributed by atoms with Gasteiger partial charge in [0, 0.05) is 24.9 Å². The summed E-state index contributed by atoms with van der Waals surface area (Å²) < 4.78 is 0. The monoisotopic (exact) mass is 320 g/mol. The fraction of sp³-hybridized carbons (Fsp3) is 0.500. The molecule has 5 nitrogen and oxygen atoms in total. The van der Waals surface area contributed by atoms with Crippen molar-refractivity contribution >= 4 is 23.8 Å². The zero-order chi connectivity index (χ0) is 15.5. The summed E-state index contributed by atoms with van der Waals surface area (Å²) in [7, 11) is 0. The molecule has 2 unspecified atom stereocenters. The van der Waals surface area contributed by atoms with Crippen molar-refractivity contribution in [3.63, 3.8) is 0 Å². The molecule has 2 amide bonds. The molecule has 0 bridgehead atoms. The minimum absolute atomic E-state index is 0.146. The van der Waals surface area contributed by atoms with Gasteiger partial charge in [0.15, 0.2) is 0 Å². The largest absolute Gasteiger partial charge is 0.481 e. The van der Waals surface area contributed by atoms with E-state index in [0.29, 0.717) is 26.1 Å². The van der Waals surface area contributed by atoms with Crippen LogP contribution in [0.1, 0.15) is 22.8 Å². The van der Waals surface area contributed by atoms with E-state index in [9.17, 15) is 9.59 Å². The highest BCUT2D eigenvalue weighted by atomic mass is 32.2. The Labute approximate surface area is 134 Å². The van der Waals surface area contributed by atoms with Crippen molar-refractivity contribution in [2.24, 2.45) is 5.92 Å². The van der Waals surface area contributed by atoms with Crippen molar-refractivity contribution in [2.75, 3.05) is 25.4 Å². The number of aryl methyl sites for hydroxylation is 1. The van der Waals surface area contributed by atoms with Gasteiger partial charge < -0.3 is 15.3 Å². The molecular formula is C16H20N2O3S. The molecule has 0 aromatic heterocycles. The number of hydrogen-bond donors (Lipinski definition) is 2. The molecule has 6 heteroatoms. The summed E-state index contributed by atoms with van der Waals surface area (Å²) >= 11 is 1.87. The Hall–Kier alpha value is -1.69. The molecule has 2 N–H and O–H groups in total. The summed E-state index contributed by atoms with van der Waals surface area (Å²) in [5.74, 6) is -0.162. The van der Waals surface area contributed by atoms with Crippen LogP contribution in [0.25, 0.3) is 0 Å². The number of carbonyl (C=O) groups excluding carboxylic acids is 1. The second-order valence-electron chi connectivity index (χ2n) is 5.76. The fourth-order valence-corrected chi connectivity index (χ4v) is 4.32. The van der Waals surface area contributed by atoms with Gasteiger partial charge in [-0.3, -0.25) is 4.79 Å². The number of fused-ring (bicyclic) bond motifs is 1. The Morgan fingerprint density at radius 1 is 1.36 bits per heavy atom. The van der Waals surface area contributed by atoms with Crippen LogP contribution in [0.15, 0.2) is 24.3 Å². The first-order chi connectivity index (χ1) is 10.6. The molecule has 1 saturated heterocycles. The standard InChI is InChI=1S/C16H20N2O3S/c19-15(20)12-5-7-18(10-12)16(21)17-9-14-13-4-2-1-3-11(13)6-8-22-14/h1-4,12,14H,5-10H2,(H,17,21)(H,19,20). The topological polar surface area (TPSA) is 69.6 Å². The molecule has 2 atom stereocenters. The zero-order valence-corrected chi connectivity index (χ0v) is 13.1. The van der Waals surface area contributed by atoms with E-state index in [4.69, 9.17) is 5.11 Å². The van der Waals surface area contributed by atoms with Gasteiger partial charge in [-0.1, -0.05) is 24.3 Å². The average Bonchev–Trinajstić information content (AvgIpc) is 3.03. The van der Waals surface area contributed by atoms with Crippen LogP contribution >= 0.6 is 11.8 Å². The number of amides is 2. The highest BCUT2D eigenvalue weighted by Crippen LogP contribution is 2.36. The van der Waals surface area contributed by atoms with Crippen LogP contribution in [0.3, 0.4) is 0 Å². The summed E-state index contributed by atoms with van der Waals surface area (Å²) in [5.41, 5.74) is 2.68. The fourth-order valence-electron chi connectivity index (χ4n) is 3.08. The quantitative estimate of drug-likeness (QED) is 0.895. The lowest BCUT2D eigenvalue weighted by atomic mass is 10.0. The first-order valence-corrected chi connectivity index (χ1v) is 8.65. The maximum atomic E-state index is 12.2. The molecular weight excluding hydrogens is 300 g/mol. The van der Waals surface area contributed by atoms with Gasteiger partial charge in [0.05, 0.1) is 5.92 Å². The molecule has 0 spiro atoms. The summed E-state index contributed by atoms with van der Waals surface area (Å²) in [5, 5.41) is 12.2. The lowest BCUT2D eigenvalue weighted by molar-refractivity contribution is -0.141. The second-order valence-corrected chi connectivity index (χ2v) is 7.07. The number of urea groups is 1. The highest BCUT2D eigenvalue weighted by molar-refractivity contribution is 7.99. The van der Waals surface area contributed by atoms with E-state index in [1.807, 2.05) is 17.8 Å². The number of benzene rings is 1. The van der Waals surface area contributed by atoms with Crippen molar-refractivity contribution in [1.29, 1.82) is 0 Å². The van der Waals surface area contributed by atoms with Crippen LogP contribution in [-0.2, 0) is 11.2 Å². The van der Waals surface area contributed by atoms with Gasteiger partial charge in [-0.15, -0.1) is 0 Å². The first-order valence-electron chi connectivity index (χ1n) is 7.60. The van der Waals surface area contributed by atoms with Gasteiger partial charge in [-0.25, -0.2) is 4.79 Å². The summed E-state index contributed by atoms with van der Waals surface area (Å²) in [6.07, 6.45) is 1.63. The van der Waals surface area contributed by atoms with Crippen molar-refractivity contribution in [1.82, 2.24) is 10.2 Å². The number of hydrogen-bond acceptors (Lipinski definition) is 3. The van der Waals surface area contributed by atoms with E-state index in [0.717, 1.165) is 12.2 Å². The van der Waals surface area contributed by atoms with E-state index in [1.165, 1.54) is 11.1 Å².